The van der Waals surface area contributed by atoms with Gasteiger partial charge in [0.1, 0.15) is 5.58 Å². The van der Waals surface area contributed by atoms with Crippen LogP contribution >= 0.6 is 0 Å². The van der Waals surface area contributed by atoms with Gasteiger partial charge in [0.25, 0.3) is 11.8 Å². The molecule has 0 spiro atoms. The molecule has 8 heteroatoms. The minimum absolute atomic E-state index is 0.0887. The molecule has 140 valence electrons. The Morgan fingerprint density at radius 1 is 1.04 bits per heavy atom. The average molecular weight is 378 g/mol. The highest BCUT2D eigenvalue weighted by atomic mass is 16.6. The van der Waals surface area contributed by atoms with Crippen molar-refractivity contribution in [3.63, 3.8) is 0 Å². The van der Waals surface area contributed by atoms with Crippen LogP contribution in [0, 0.1) is 0 Å². The van der Waals surface area contributed by atoms with Gasteiger partial charge in [-0.15, -0.1) is 0 Å². The molecule has 0 unspecified atom stereocenters. The minimum Gasteiger partial charge on any atom is -0.451 e. The smallest absolute Gasteiger partial charge is 0.417 e. The van der Waals surface area contributed by atoms with E-state index >= 15 is 0 Å². The van der Waals surface area contributed by atoms with E-state index in [1.165, 1.54) is 0 Å². The number of carbonyl (C=O) groups is 3. The Bertz CT molecular complexity index is 1130. The molecule has 4 rings (SSSR count). The molecule has 1 aromatic heterocycles. The second-order valence-corrected chi connectivity index (χ2v) is 6.16. The lowest BCUT2D eigenvalue weighted by atomic mass is 10.2. The number of benzene rings is 2. The minimum atomic E-state index is -0.672. The molecule has 1 saturated heterocycles. The van der Waals surface area contributed by atoms with Gasteiger partial charge in [0, 0.05) is 11.8 Å². The van der Waals surface area contributed by atoms with E-state index in [1.807, 2.05) is 0 Å². The number of hydrogen-bond acceptors (Lipinski definition) is 6. The largest absolute Gasteiger partial charge is 0.451 e. The number of amides is 3. The Morgan fingerprint density at radius 2 is 1.79 bits per heavy atom. The number of ether oxygens (including phenoxy) is 1. The molecular weight excluding hydrogens is 364 g/mol. The predicted molar refractivity (Wildman–Crippen MR) is 98.8 cm³/mol. The van der Waals surface area contributed by atoms with E-state index in [1.54, 1.807) is 48.5 Å². The Balaban J connectivity index is 1.48. The van der Waals surface area contributed by atoms with Crippen molar-refractivity contribution in [2.75, 3.05) is 11.9 Å². The fourth-order valence-corrected chi connectivity index (χ4v) is 2.82. The van der Waals surface area contributed by atoms with Crippen LogP contribution < -0.4 is 10.7 Å². The number of anilines is 1. The van der Waals surface area contributed by atoms with Crippen molar-refractivity contribution < 1.29 is 23.5 Å². The van der Waals surface area contributed by atoms with Crippen molar-refractivity contribution >= 4 is 34.6 Å². The molecule has 1 aliphatic heterocycles. The number of hydrogen-bond donors (Lipinski definition) is 1. The number of para-hydroxylation sites is 1. The van der Waals surface area contributed by atoms with Gasteiger partial charge in [0.15, 0.2) is 17.8 Å². The van der Waals surface area contributed by atoms with E-state index in [4.69, 9.17) is 4.42 Å². The monoisotopic (exact) mass is 378 g/mol. The summed E-state index contributed by atoms with van der Waals surface area (Å²) >= 11 is 0. The van der Waals surface area contributed by atoms with Gasteiger partial charge in [-0.05, 0) is 29.8 Å². The maximum Gasteiger partial charge on any atom is 0.417 e. The maximum absolute atomic E-state index is 12.4. The second-order valence-electron chi connectivity index (χ2n) is 6.16. The molecule has 0 radical (unpaired) electrons. The third-order valence-electron chi connectivity index (χ3n) is 4.25. The highest BCUT2D eigenvalue weighted by Gasteiger charge is 2.30. The summed E-state index contributed by atoms with van der Waals surface area (Å²) in [6.07, 6.45) is -0.672. The second kappa shape index (κ2) is 6.99. The van der Waals surface area contributed by atoms with Crippen LogP contribution in [0.4, 0.5) is 10.5 Å². The average Bonchev–Trinajstić information content (AvgIpc) is 3.01. The Morgan fingerprint density at radius 3 is 2.50 bits per heavy atom. The molecule has 8 nitrogen and oxygen atoms in total. The Labute approximate surface area is 158 Å². The van der Waals surface area contributed by atoms with E-state index in [9.17, 15) is 19.2 Å². The number of nitrogens with zero attached hydrogens (tertiary/aromatic N) is 1. The van der Waals surface area contributed by atoms with Gasteiger partial charge >= 0.3 is 6.09 Å². The molecular formula is C20H14N2O6. The molecule has 28 heavy (non-hydrogen) atoms. The summed E-state index contributed by atoms with van der Waals surface area (Å²) < 4.78 is 10.2. The fraction of sp³-hybridized carbons (Fsp3) is 0.100. The first-order valence-electron chi connectivity index (χ1n) is 8.41. The number of nitrogens with one attached hydrogen (secondary N) is 1. The third kappa shape index (κ3) is 3.35. The van der Waals surface area contributed by atoms with Gasteiger partial charge in [0.05, 0.1) is 11.9 Å². The van der Waals surface area contributed by atoms with Crippen LogP contribution in [0.3, 0.4) is 0 Å². The molecule has 0 saturated carbocycles. The number of carbonyl (C=O) groups excluding carboxylic acids is 3. The van der Waals surface area contributed by atoms with Crippen molar-refractivity contribution in [1.82, 2.24) is 4.90 Å². The topological polar surface area (TPSA) is 106 Å². The lowest BCUT2D eigenvalue weighted by Crippen LogP contribution is -2.28. The lowest BCUT2D eigenvalue weighted by Gasteiger charge is -2.11. The first-order valence-corrected chi connectivity index (χ1v) is 8.41. The molecule has 3 amide bonds. The quantitative estimate of drug-likeness (QED) is 0.748. The summed E-state index contributed by atoms with van der Waals surface area (Å²) in [4.78, 5) is 48.6. The van der Waals surface area contributed by atoms with Crippen molar-refractivity contribution in [2.45, 2.75) is 6.54 Å². The summed E-state index contributed by atoms with van der Waals surface area (Å²) in [5.74, 6) is -1.05. The summed E-state index contributed by atoms with van der Waals surface area (Å²) in [5, 5.41) is 3.05. The summed E-state index contributed by atoms with van der Waals surface area (Å²) in [6.45, 7) is -0.157. The lowest BCUT2D eigenvalue weighted by molar-refractivity contribution is -0.126. The van der Waals surface area contributed by atoms with Gasteiger partial charge in [-0.2, -0.15) is 0 Å². The Kier molecular flexibility index (Phi) is 4.36. The zero-order valence-electron chi connectivity index (χ0n) is 14.5. The summed E-state index contributed by atoms with van der Waals surface area (Å²) in [7, 11) is 0. The van der Waals surface area contributed by atoms with Crippen molar-refractivity contribution in [3.8, 4) is 0 Å². The van der Waals surface area contributed by atoms with E-state index in [0.29, 0.717) is 22.2 Å². The van der Waals surface area contributed by atoms with Crippen LogP contribution in [-0.4, -0.2) is 29.4 Å². The molecule has 1 N–H and O–H groups in total. The van der Waals surface area contributed by atoms with E-state index in [0.717, 1.165) is 11.0 Å². The van der Waals surface area contributed by atoms with Gasteiger partial charge in [-0.25, -0.2) is 9.69 Å². The highest BCUT2D eigenvalue weighted by molar-refractivity contribution is 6.03. The van der Waals surface area contributed by atoms with Crippen molar-refractivity contribution in [2.24, 2.45) is 0 Å². The number of cyclic esters (lactones) is 1. The number of fused-ring (bicyclic) bond motifs is 1. The van der Waals surface area contributed by atoms with Gasteiger partial charge < -0.3 is 14.5 Å². The molecule has 1 fully saturated rings. The van der Waals surface area contributed by atoms with Crippen LogP contribution in [0.15, 0.2) is 63.8 Å². The molecule has 3 aromatic rings. The standard InChI is InChI=1S/C20H14N2O6/c23-15-9-17(28-16-4-2-1-3-14(15)16)19(25)21-13-7-5-12(6-8-13)10-22-18(24)11-27-20(22)26/h1-9H,10-11H2,(H,21,25). The molecule has 2 aromatic carbocycles. The predicted octanol–water partition coefficient (Wildman–Crippen LogP) is 2.52. The van der Waals surface area contributed by atoms with Crippen molar-refractivity contribution in [3.05, 3.63) is 76.1 Å². The van der Waals surface area contributed by atoms with Gasteiger partial charge in [-0.1, -0.05) is 24.3 Å². The number of rotatable bonds is 4. The molecule has 1 aliphatic rings. The Hall–Kier alpha value is -3.94. The van der Waals surface area contributed by atoms with Crippen LogP contribution in [0.1, 0.15) is 16.1 Å². The number of imide groups is 1. The summed E-state index contributed by atoms with van der Waals surface area (Å²) in [5.41, 5.74) is 1.20. The van der Waals surface area contributed by atoms with Crippen LogP contribution in [0.25, 0.3) is 11.0 Å². The van der Waals surface area contributed by atoms with Crippen LogP contribution in [-0.2, 0) is 16.1 Å². The van der Waals surface area contributed by atoms with E-state index < -0.39 is 17.9 Å². The first-order chi connectivity index (χ1) is 13.5. The fourth-order valence-electron chi connectivity index (χ4n) is 2.82. The first kappa shape index (κ1) is 17.5. The molecule has 2 heterocycles. The molecule has 0 atom stereocenters. The van der Waals surface area contributed by atoms with E-state index in [-0.39, 0.29) is 24.3 Å². The zero-order chi connectivity index (χ0) is 19.7. The van der Waals surface area contributed by atoms with Crippen molar-refractivity contribution in [1.29, 1.82) is 0 Å². The highest BCUT2D eigenvalue weighted by Crippen LogP contribution is 2.17. The van der Waals surface area contributed by atoms with E-state index in [2.05, 4.69) is 10.1 Å². The van der Waals surface area contributed by atoms with Crippen LogP contribution in [0.5, 0.6) is 0 Å². The SMILES string of the molecule is O=C(Nc1ccc(CN2C(=O)COC2=O)cc1)c1cc(=O)c2ccccc2o1. The van der Waals surface area contributed by atoms with Crippen LogP contribution in [0.2, 0.25) is 0 Å². The normalized spacial score (nSPS) is 13.6. The van der Waals surface area contributed by atoms with Gasteiger partial charge in [-0.3, -0.25) is 14.4 Å². The summed E-state index contributed by atoms with van der Waals surface area (Å²) in [6, 6.07) is 14.4. The zero-order valence-corrected chi connectivity index (χ0v) is 14.5. The molecule has 0 bridgehead atoms. The maximum atomic E-state index is 12.4. The third-order valence-corrected chi connectivity index (χ3v) is 4.25. The van der Waals surface area contributed by atoms with Gasteiger partial charge in [0.2, 0.25) is 0 Å². The molecule has 0 aliphatic carbocycles.